The molecule has 0 amide bonds. The van der Waals surface area contributed by atoms with Crippen LogP contribution in [0.1, 0.15) is 0 Å². The van der Waals surface area contributed by atoms with Gasteiger partial charge in [-0.2, -0.15) is 21.6 Å². The van der Waals surface area contributed by atoms with E-state index in [9.17, 15) is 21.6 Å². The molecule has 0 radical (unpaired) electrons. The minimum absolute atomic E-state index is 0.162. The first-order valence-corrected chi connectivity index (χ1v) is 7.02. The average molecular weight is 346 g/mol. The lowest BCUT2D eigenvalue weighted by Crippen LogP contribution is -2.28. The van der Waals surface area contributed by atoms with Crippen LogP contribution in [0.25, 0.3) is 10.8 Å². The third kappa shape index (κ3) is 2.92. The van der Waals surface area contributed by atoms with Crippen LogP contribution in [0.3, 0.4) is 0 Å². The van der Waals surface area contributed by atoms with Crippen molar-refractivity contribution >= 4 is 44.1 Å². The van der Waals surface area contributed by atoms with Crippen LogP contribution in [0.15, 0.2) is 24.4 Å². The molecule has 1 aromatic heterocycles. The molecule has 0 spiro atoms. The zero-order valence-corrected chi connectivity index (χ0v) is 11.6. The number of fused-ring (bicyclic) bond motifs is 1. The first-order chi connectivity index (χ1) is 9.10. The van der Waals surface area contributed by atoms with E-state index in [-0.39, 0.29) is 10.0 Å². The zero-order chi connectivity index (χ0) is 15.1. The van der Waals surface area contributed by atoms with Gasteiger partial charge in [-0.1, -0.05) is 23.2 Å². The number of hydrogen-bond donors (Lipinski definition) is 0. The summed E-state index contributed by atoms with van der Waals surface area (Å²) in [4.78, 5) is 3.47. The summed E-state index contributed by atoms with van der Waals surface area (Å²) in [5.74, 6) is -0.715. The van der Waals surface area contributed by atoms with Crippen LogP contribution < -0.4 is 4.18 Å². The van der Waals surface area contributed by atoms with E-state index in [1.54, 1.807) is 0 Å². The summed E-state index contributed by atoms with van der Waals surface area (Å²) in [6, 6.07) is 3.81. The monoisotopic (exact) mass is 345 g/mol. The summed E-state index contributed by atoms with van der Waals surface area (Å²) in [6.07, 6.45) is 1.12. The summed E-state index contributed by atoms with van der Waals surface area (Å²) in [6.45, 7) is 0. The van der Waals surface area contributed by atoms with Crippen LogP contribution in [0.5, 0.6) is 5.88 Å². The molecule has 2 aromatic rings. The molecule has 0 N–H and O–H groups in total. The minimum Gasteiger partial charge on any atom is -0.355 e. The van der Waals surface area contributed by atoms with Gasteiger partial charge in [-0.25, -0.2) is 4.98 Å². The van der Waals surface area contributed by atoms with Crippen molar-refractivity contribution in [2.24, 2.45) is 0 Å². The maximum Gasteiger partial charge on any atom is 0.534 e. The fraction of sp³-hybridized carbons (Fsp3) is 0.100. The van der Waals surface area contributed by atoms with E-state index in [2.05, 4.69) is 9.17 Å². The molecule has 108 valence electrons. The highest BCUT2D eigenvalue weighted by atomic mass is 35.5. The highest BCUT2D eigenvalue weighted by Gasteiger charge is 2.48. The molecule has 0 saturated heterocycles. The standard InChI is InChI=1S/C10H4Cl2F3NO3S/c11-7-1-5-3-9(16-4-6(5)2-8(7)12)19-20(17,18)10(13,14)15/h1-4H. The van der Waals surface area contributed by atoms with Crippen LogP contribution in [0.4, 0.5) is 13.2 Å². The van der Waals surface area contributed by atoms with Crippen molar-refractivity contribution in [2.75, 3.05) is 0 Å². The largest absolute Gasteiger partial charge is 0.534 e. The second-order valence-corrected chi connectivity index (χ2v) is 5.97. The van der Waals surface area contributed by atoms with Gasteiger partial charge in [0.2, 0.25) is 5.88 Å². The molecule has 0 aliphatic carbocycles. The number of halogens is 5. The molecule has 0 atom stereocenters. The van der Waals surface area contributed by atoms with E-state index < -0.39 is 21.5 Å². The number of alkyl halides is 3. The summed E-state index contributed by atoms with van der Waals surface area (Å²) in [7, 11) is -5.76. The fourth-order valence-corrected chi connectivity index (χ4v) is 2.08. The summed E-state index contributed by atoms with van der Waals surface area (Å²) in [5.41, 5.74) is -5.53. The number of nitrogens with zero attached hydrogens (tertiary/aromatic N) is 1. The quantitative estimate of drug-likeness (QED) is 0.614. The highest BCUT2D eigenvalue weighted by molar-refractivity contribution is 7.87. The van der Waals surface area contributed by atoms with E-state index in [0.717, 1.165) is 12.3 Å². The van der Waals surface area contributed by atoms with Gasteiger partial charge in [0.1, 0.15) is 0 Å². The van der Waals surface area contributed by atoms with Gasteiger partial charge in [0.05, 0.1) is 10.0 Å². The Kier molecular flexibility index (Phi) is 3.74. The van der Waals surface area contributed by atoms with Crippen LogP contribution in [0.2, 0.25) is 10.0 Å². The van der Waals surface area contributed by atoms with Gasteiger partial charge in [0, 0.05) is 17.6 Å². The van der Waals surface area contributed by atoms with Gasteiger partial charge in [0.25, 0.3) is 0 Å². The highest BCUT2D eigenvalue weighted by Crippen LogP contribution is 2.31. The first kappa shape index (κ1) is 15.1. The Morgan fingerprint density at radius 3 is 2.15 bits per heavy atom. The van der Waals surface area contributed by atoms with E-state index in [1.165, 1.54) is 12.1 Å². The second-order valence-electron chi connectivity index (χ2n) is 3.62. The van der Waals surface area contributed by atoms with Crippen molar-refractivity contribution in [1.82, 2.24) is 4.98 Å². The summed E-state index contributed by atoms with van der Waals surface area (Å²) >= 11 is 11.5. The van der Waals surface area contributed by atoms with E-state index >= 15 is 0 Å². The average Bonchev–Trinajstić information content (AvgIpc) is 2.29. The van der Waals surface area contributed by atoms with Gasteiger partial charge in [0.15, 0.2) is 0 Å². The van der Waals surface area contributed by atoms with E-state index in [0.29, 0.717) is 10.8 Å². The maximum atomic E-state index is 12.2. The third-order valence-corrected chi connectivity index (χ3v) is 3.89. The molecule has 0 aliphatic heterocycles. The van der Waals surface area contributed by atoms with Crippen LogP contribution >= 0.6 is 23.2 Å². The zero-order valence-electron chi connectivity index (χ0n) is 9.28. The Hall–Kier alpha value is -1.25. The van der Waals surface area contributed by atoms with Gasteiger partial charge in [-0.15, -0.1) is 0 Å². The summed E-state index contributed by atoms with van der Waals surface area (Å²) in [5, 5.41) is 1.20. The lowest BCUT2D eigenvalue weighted by molar-refractivity contribution is -0.0501. The topological polar surface area (TPSA) is 56.3 Å². The molecule has 1 heterocycles. The molecular formula is C10H4Cl2F3NO3S. The predicted octanol–water partition coefficient (Wildman–Crippen LogP) is 3.77. The lowest BCUT2D eigenvalue weighted by Gasteiger charge is -2.09. The van der Waals surface area contributed by atoms with Crippen molar-refractivity contribution in [1.29, 1.82) is 0 Å². The lowest BCUT2D eigenvalue weighted by atomic mass is 10.2. The Bertz CT molecular complexity index is 777. The van der Waals surface area contributed by atoms with Crippen molar-refractivity contribution < 1.29 is 25.8 Å². The molecule has 1 aromatic carbocycles. The smallest absolute Gasteiger partial charge is 0.355 e. The van der Waals surface area contributed by atoms with Crippen molar-refractivity contribution in [3.63, 3.8) is 0 Å². The maximum absolute atomic E-state index is 12.2. The number of rotatable bonds is 2. The Balaban J connectivity index is 2.45. The molecule has 0 unspecified atom stereocenters. The molecule has 4 nitrogen and oxygen atoms in total. The molecule has 20 heavy (non-hydrogen) atoms. The normalized spacial score (nSPS) is 12.7. The van der Waals surface area contributed by atoms with Gasteiger partial charge in [-0.3, -0.25) is 0 Å². The van der Waals surface area contributed by atoms with E-state index in [4.69, 9.17) is 23.2 Å². The number of hydrogen-bond acceptors (Lipinski definition) is 4. The van der Waals surface area contributed by atoms with Crippen molar-refractivity contribution in [3.8, 4) is 5.88 Å². The van der Waals surface area contributed by atoms with Crippen LogP contribution in [0, 0.1) is 0 Å². The SMILES string of the molecule is O=S(=O)(Oc1cc2cc(Cl)c(Cl)cc2cn1)C(F)(F)F. The number of aromatic nitrogens is 1. The second kappa shape index (κ2) is 4.94. The molecule has 10 heteroatoms. The molecule has 0 fully saturated rings. The van der Waals surface area contributed by atoms with Crippen LogP contribution in [-0.2, 0) is 10.1 Å². The first-order valence-electron chi connectivity index (χ1n) is 4.86. The van der Waals surface area contributed by atoms with Crippen LogP contribution in [-0.4, -0.2) is 18.9 Å². The predicted molar refractivity (Wildman–Crippen MR) is 67.4 cm³/mol. The fourth-order valence-electron chi connectivity index (χ4n) is 1.32. The minimum atomic E-state index is -5.76. The third-order valence-electron chi connectivity index (χ3n) is 2.21. The Morgan fingerprint density at radius 1 is 1.05 bits per heavy atom. The van der Waals surface area contributed by atoms with Gasteiger partial charge < -0.3 is 4.18 Å². The summed E-state index contributed by atoms with van der Waals surface area (Å²) < 4.78 is 62.1. The van der Waals surface area contributed by atoms with Crippen molar-refractivity contribution in [3.05, 3.63) is 34.4 Å². The molecule has 0 bridgehead atoms. The van der Waals surface area contributed by atoms with Gasteiger partial charge in [-0.05, 0) is 17.5 Å². The molecule has 0 aliphatic rings. The molecule has 0 saturated carbocycles. The molecule has 2 rings (SSSR count). The number of pyridine rings is 1. The van der Waals surface area contributed by atoms with Gasteiger partial charge >= 0.3 is 15.6 Å². The van der Waals surface area contributed by atoms with Crippen molar-refractivity contribution in [2.45, 2.75) is 5.51 Å². The van der Waals surface area contributed by atoms with E-state index in [1.807, 2.05) is 0 Å². The Morgan fingerprint density at radius 2 is 1.60 bits per heavy atom. The Labute approximate surface area is 121 Å². The number of benzene rings is 1. The molecular weight excluding hydrogens is 342 g/mol.